The lowest BCUT2D eigenvalue weighted by Crippen LogP contribution is -2.22. The van der Waals surface area contributed by atoms with E-state index in [0.717, 1.165) is 5.69 Å². The van der Waals surface area contributed by atoms with Crippen molar-refractivity contribution >= 4 is 34.8 Å². The maximum absolute atomic E-state index is 6.04. The van der Waals surface area contributed by atoms with E-state index in [1.807, 2.05) is 0 Å². The largest absolute Gasteiger partial charge is 0.436 e. The molecule has 4 nitrogen and oxygen atoms in total. The summed E-state index contributed by atoms with van der Waals surface area (Å²) >= 11 is 17.8. The number of halogens is 3. The fourth-order valence-corrected chi connectivity index (χ4v) is 2.07. The summed E-state index contributed by atoms with van der Waals surface area (Å²) in [6.07, 6.45) is 3.19. The minimum atomic E-state index is 0.337. The van der Waals surface area contributed by atoms with Crippen LogP contribution in [0.1, 0.15) is 19.5 Å². The van der Waals surface area contributed by atoms with Crippen molar-refractivity contribution in [3.05, 3.63) is 45.3 Å². The molecule has 1 heterocycles. The molecule has 0 radical (unpaired) electrons. The lowest BCUT2D eigenvalue weighted by Gasteiger charge is -2.09. The van der Waals surface area contributed by atoms with E-state index in [4.69, 9.17) is 39.5 Å². The highest BCUT2D eigenvalue weighted by Crippen LogP contribution is 2.35. The molecule has 0 fully saturated rings. The van der Waals surface area contributed by atoms with Crippen LogP contribution in [0.3, 0.4) is 0 Å². The van der Waals surface area contributed by atoms with Gasteiger partial charge in [-0.05, 0) is 6.07 Å². The van der Waals surface area contributed by atoms with Crippen LogP contribution >= 0.6 is 34.8 Å². The summed E-state index contributed by atoms with van der Waals surface area (Å²) < 4.78 is 5.56. The fourth-order valence-electron chi connectivity index (χ4n) is 1.49. The lowest BCUT2D eigenvalue weighted by atomic mass is 10.3. The molecule has 0 atom stereocenters. The van der Waals surface area contributed by atoms with Crippen molar-refractivity contribution < 1.29 is 4.74 Å². The highest BCUT2D eigenvalue weighted by molar-refractivity contribution is 6.43. The Hall–Kier alpha value is -1.07. The molecule has 0 aliphatic heterocycles. The van der Waals surface area contributed by atoms with Crippen LogP contribution < -0.4 is 10.1 Å². The van der Waals surface area contributed by atoms with Crippen molar-refractivity contribution in [3.63, 3.8) is 0 Å². The highest BCUT2D eigenvalue weighted by Gasteiger charge is 2.09. The molecule has 0 unspecified atom stereocenters. The average molecular weight is 347 g/mol. The second-order valence-electron chi connectivity index (χ2n) is 4.68. The Bertz CT molecular complexity index is 618. The van der Waals surface area contributed by atoms with Crippen LogP contribution in [0.4, 0.5) is 0 Å². The Morgan fingerprint density at radius 3 is 2.38 bits per heavy atom. The van der Waals surface area contributed by atoms with Crippen molar-refractivity contribution in [2.24, 2.45) is 0 Å². The number of benzene rings is 1. The molecule has 7 heteroatoms. The average Bonchev–Trinajstić information content (AvgIpc) is 2.44. The molecule has 112 valence electrons. The molecular weight excluding hydrogens is 333 g/mol. The molecule has 0 saturated heterocycles. The summed E-state index contributed by atoms with van der Waals surface area (Å²) in [6.45, 7) is 4.78. The van der Waals surface area contributed by atoms with Gasteiger partial charge in [0.1, 0.15) is 5.75 Å². The predicted molar refractivity (Wildman–Crippen MR) is 85.6 cm³/mol. The topological polar surface area (TPSA) is 47.0 Å². The van der Waals surface area contributed by atoms with Gasteiger partial charge in [0.25, 0.3) is 0 Å². The zero-order chi connectivity index (χ0) is 15.4. The molecule has 2 rings (SSSR count). The molecular formula is C14H14Cl3N3O. The molecule has 1 aromatic carbocycles. The van der Waals surface area contributed by atoms with Crippen LogP contribution in [0.5, 0.6) is 11.6 Å². The SMILES string of the molecule is CC(C)NCc1cnc(Oc2cc(Cl)c(Cl)cc2Cl)cn1. The number of aromatic nitrogens is 2. The monoisotopic (exact) mass is 345 g/mol. The Kier molecular flexibility index (Phi) is 5.65. The molecule has 0 saturated carbocycles. The first kappa shape index (κ1) is 16.3. The van der Waals surface area contributed by atoms with E-state index in [-0.39, 0.29) is 0 Å². The van der Waals surface area contributed by atoms with Crippen molar-refractivity contribution in [1.29, 1.82) is 0 Å². The maximum atomic E-state index is 6.04. The zero-order valence-corrected chi connectivity index (χ0v) is 13.8. The lowest BCUT2D eigenvalue weighted by molar-refractivity contribution is 0.458. The highest BCUT2D eigenvalue weighted by atomic mass is 35.5. The number of nitrogens with one attached hydrogen (secondary N) is 1. The van der Waals surface area contributed by atoms with E-state index >= 15 is 0 Å². The standard InChI is InChI=1S/C14H14Cl3N3O/c1-8(2)18-5-9-6-20-14(7-19-9)21-13-4-11(16)10(15)3-12(13)17/h3-4,6-8,18H,5H2,1-2H3. The fraction of sp³-hybridized carbons (Fsp3) is 0.286. The van der Waals surface area contributed by atoms with Gasteiger partial charge < -0.3 is 10.1 Å². The third-order valence-electron chi connectivity index (χ3n) is 2.56. The first-order valence-electron chi connectivity index (χ1n) is 6.32. The number of nitrogens with zero attached hydrogens (tertiary/aromatic N) is 2. The van der Waals surface area contributed by atoms with Crippen molar-refractivity contribution in [2.75, 3.05) is 0 Å². The van der Waals surface area contributed by atoms with E-state index in [2.05, 4.69) is 29.1 Å². The van der Waals surface area contributed by atoms with E-state index in [0.29, 0.717) is 39.3 Å². The Morgan fingerprint density at radius 2 is 1.76 bits per heavy atom. The molecule has 0 spiro atoms. The maximum Gasteiger partial charge on any atom is 0.237 e. The Balaban J connectivity index is 2.08. The second kappa shape index (κ2) is 7.27. The van der Waals surface area contributed by atoms with E-state index in [9.17, 15) is 0 Å². The molecule has 1 N–H and O–H groups in total. The third-order valence-corrected chi connectivity index (χ3v) is 3.58. The molecule has 21 heavy (non-hydrogen) atoms. The molecule has 0 aliphatic carbocycles. The summed E-state index contributed by atoms with van der Waals surface area (Å²) in [5.41, 5.74) is 0.830. The molecule has 2 aromatic rings. The van der Waals surface area contributed by atoms with Gasteiger partial charge in [-0.3, -0.25) is 4.98 Å². The van der Waals surface area contributed by atoms with Crippen molar-refractivity contribution in [1.82, 2.24) is 15.3 Å². The first-order valence-corrected chi connectivity index (χ1v) is 7.46. The summed E-state index contributed by atoms with van der Waals surface area (Å²) in [4.78, 5) is 8.45. The summed E-state index contributed by atoms with van der Waals surface area (Å²) in [7, 11) is 0. The molecule has 0 aliphatic rings. The number of rotatable bonds is 5. The number of hydrogen-bond acceptors (Lipinski definition) is 4. The molecule has 0 amide bonds. The quantitative estimate of drug-likeness (QED) is 0.795. The summed E-state index contributed by atoms with van der Waals surface area (Å²) in [5, 5.41) is 4.35. The second-order valence-corrected chi connectivity index (χ2v) is 5.90. The number of hydrogen-bond donors (Lipinski definition) is 1. The molecule has 1 aromatic heterocycles. The van der Waals surface area contributed by atoms with Crippen molar-refractivity contribution in [3.8, 4) is 11.6 Å². The van der Waals surface area contributed by atoms with Gasteiger partial charge in [0.05, 0.1) is 33.2 Å². The van der Waals surface area contributed by atoms with E-state index in [1.165, 1.54) is 12.3 Å². The summed E-state index contributed by atoms with van der Waals surface area (Å²) in [5.74, 6) is 0.719. The van der Waals surface area contributed by atoms with E-state index in [1.54, 1.807) is 12.3 Å². The van der Waals surface area contributed by atoms with Gasteiger partial charge in [0, 0.05) is 18.7 Å². The van der Waals surface area contributed by atoms with Crippen LogP contribution in [0.25, 0.3) is 0 Å². The van der Waals surface area contributed by atoms with Crippen LogP contribution in [0.15, 0.2) is 24.5 Å². The Labute approximate surface area is 138 Å². The predicted octanol–water partition coefficient (Wildman–Crippen LogP) is 4.73. The van der Waals surface area contributed by atoms with Gasteiger partial charge in [0.15, 0.2) is 0 Å². The van der Waals surface area contributed by atoms with E-state index < -0.39 is 0 Å². The minimum Gasteiger partial charge on any atom is -0.436 e. The van der Waals surface area contributed by atoms with Gasteiger partial charge in [-0.25, -0.2) is 4.98 Å². The van der Waals surface area contributed by atoms with Crippen LogP contribution in [0, 0.1) is 0 Å². The molecule has 0 bridgehead atoms. The van der Waals surface area contributed by atoms with Crippen LogP contribution in [-0.2, 0) is 6.54 Å². The van der Waals surface area contributed by atoms with Crippen molar-refractivity contribution in [2.45, 2.75) is 26.4 Å². The first-order chi connectivity index (χ1) is 9.95. The summed E-state index contributed by atoms with van der Waals surface area (Å²) in [6, 6.07) is 3.45. The van der Waals surface area contributed by atoms with Gasteiger partial charge in [-0.1, -0.05) is 48.7 Å². The van der Waals surface area contributed by atoms with Gasteiger partial charge in [-0.15, -0.1) is 0 Å². The third kappa shape index (κ3) is 4.71. The minimum absolute atomic E-state index is 0.337. The van der Waals surface area contributed by atoms with Crippen LogP contribution in [-0.4, -0.2) is 16.0 Å². The smallest absolute Gasteiger partial charge is 0.237 e. The van der Waals surface area contributed by atoms with Crippen LogP contribution in [0.2, 0.25) is 15.1 Å². The van der Waals surface area contributed by atoms with Gasteiger partial charge in [0.2, 0.25) is 5.88 Å². The Morgan fingerprint density at radius 1 is 1.05 bits per heavy atom. The van der Waals surface area contributed by atoms with Gasteiger partial charge >= 0.3 is 0 Å². The normalized spacial score (nSPS) is 11.0. The van der Waals surface area contributed by atoms with Gasteiger partial charge in [-0.2, -0.15) is 0 Å². The zero-order valence-electron chi connectivity index (χ0n) is 11.5. The number of ether oxygens (including phenoxy) is 1.